The van der Waals surface area contributed by atoms with E-state index in [1.54, 1.807) is 0 Å². The lowest BCUT2D eigenvalue weighted by Gasteiger charge is -2.19. The number of hydrogen-bond donors (Lipinski definition) is 0. The summed E-state index contributed by atoms with van der Waals surface area (Å²) in [5.41, 5.74) is -1.63. The van der Waals surface area contributed by atoms with Crippen molar-refractivity contribution >= 4 is 0 Å². The minimum absolute atomic E-state index is 0.460. The molecule has 0 heterocycles. The van der Waals surface area contributed by atoms with Gasteiger partial charge in [-0.25, -0.2) is 0 Å². The van der Waals surface area contributed by atoms with Crippen LogP contribution in [0.3, 0.4) is 0 Å². The van der Waals surface area contributed by atoms with Crippen molar-refractivity contribution in [1.29, 1.82) is 0 Å². The van der Waals surface area contributed by atoms with Crippen molar-refractivity contribution in [2.45, 2.75) is 24.7 Å². The van der Waals surface area contributed by atoms with Crippen molar-refractivity contribution in [2.24, 2.45) is 0 Å². The molecule has 1 aromatic rings. The molecule has 0 aliphatic rings. The zero-order valence-corrected chi connectivity index (χ0v) is 8.54. The first-order valence-electron chi connectivity index (χ1n) is 4.54. The molecular weight excluding hydrogens is 272 g/mol. The van der Waals surface area contributed by atoms with E-state index in [1.165, 1.54) is 0 Å². The predicted molar refractivity (Wildman–Crippen MR) is 46.2 cm³/mol. The van der Waals surface area contributed by atoms with Gasteiger partial charge in [-0.15, -0.1) is 0 Å². The summed E-state index contributed by atoms with van der Waals surface area (Å²) >= 11 is 0. The molecule has 102 valence electrons. The summed E-state index contributed by atoms with van der Waals surface area (Å²) in [5.74, 6) is -4.97. The summed E-state index contributed by atoms with van der Waals surface area (Å²) in [7, 11) is 0. The fraction of sp³-hybridized carbons (Fsp3) is 0.400. The van der Waals surface area contributed by atoms with Crippen LogP contribution >= 0.6 is 0 Å². The summed E-state index contributed by atoms with van der Waals surface area (Å²) in [6.45, 7) is 0. The maximum atomic E-state index is 12.6. The van der Waals surface area contributed by atoms with Crippen molar-refractivity contribution in [3.05, 3.63) is 35.4 Å². The maximum absolute atomic E-state index is 12.6. The van der Waals surface area contributed by atoms with Gasteiger partial charge in [0.15, 0.2) is 0 Å². The first-order chi connectivity index (χ1) is 7.93. The highest BCUT2D eigenvalue weighted by Gasteiger charge is 2.57. The molecule has 0 spiro atoms. The second-order valence-corrected chi connectivity index (χ2v) is 3.57. The Kier molecular flexibility index (Phi) is 3.60. The van der Waals surface area contributed by atoms with Crippen LogP contribution in [0.25, 0.3) is 0 Å². The average molecular weight is 278 g/mol. The van der Waals surface area contributed by atoms with Crippen LogP contribution in [0.1, 0.15) is 11.1 Å². The zero-order chi connectivity index (χ0) is 14.2. The first-order valence-corrected chi connectivity index (χ1v) is 4.54. The predicted octanol–water partition coefficient (Wildman–Crippen LogP) is 4.45. The zero-order valence-electron chi connectivity index (χ0n) is 8.54. The highest BCUT2D eigenvalue weighted by atomic mass is 19.4. The Hall–Kier alpha value is -1.34. The smallest absolute Gasteiger partial charge is 0.196 e. The van der Waals surface area contributed by atoms with E-state index in [1.807, 2.05) is 0 Å². The number of alkyl halides is 8. The second kappa shape index (κ2) is 4.40. The quantitative estimate of drug-likeness (QED) is 0.701. The van der Waals surface area contributed by atoms with Crippen molar-refractivity contribution in [2.75, 3.05) is 0 Å². The lowest BCUT2D eigenvalue weighted by Crippen LogP contribution is -2.38. The molecular formula is C10H6F8. The highest BCUT2D eigenvalue weighted by molar-refractivity contribution is 5.25. The fourth-order valence-corrected chi connectivity index (χ4v) is 1.17. The molecule has 0 aliphatic carbocycles. The van der Waals surface area contributed by atoms with E-state index >= 15 is 0 Å². The van der Waals surface area contributed by atoms with Gasteiger partial charge in [0, 0.05) is 6.42 Å². The van der Waals surface area contributed by atoms with E-state index in [0.717, 1.165) is 0 Å². The lowest BCUT2D eigenvalue weighted by molar-refractivity contribution is -0.281. The van der Waals surface area contributed by atoms with Crippen LogP contribution in [-0.2, 0) is 12.6 Å². The average Bonchev–Trinajstić information content (AvgIpc) is 2.14. The molecule has 0 nitrogen and oxygen atoms in total. The molecule has 0 unspecified atom stereocenters. The SMILES string of the molecule is FC(F)(F)c1ccc(CC(F)(F)C(F)(F)F)cc1. The standard InChI is InChI=1S/C10H6F8/c11-8(12,10(16,17)18)5-6-1-3-7(4-2-6)9(13,14)15/h1-4H,5H2. The van der Waals surface area contributed by atoms with Gasteiger partial charge in [-0.05, 0) is 17.7 Å². The molecule has 0 fully saturated rings. The van der Waals surface area contributed by atoms with Crippen molar-refractivity contribution in [3.8, 4) is 0 Å². The van der Waals surface area contributed by atoms with E-state index in [0.29, 0.717) is 24.3 Å². The molecule has 8 heteroatoms. The molecule has 0 N–H and O–H groups in total. The maximum Gasteiger partial charge on any atom is 0.453 e. The Morgan fingerprint density at radius 2 is 1.17 bits per heavy atom. The van der Waals surface area contributed by atoms with Gasteiger partial charge >= 0.3 is 18.3 Å². The molecule has 0 bridgehead atoms. The van der Waals surface area contributed by atoms with E-state index in [9.17, 15) is 35.1 Å². The molecule has 0 aliphatic heterocycles. The summed E-state index contributed by atoms with van der Waals surface area (Å²) in [6.07, 6.45) is -12.1. The number of rotatable bonds is 2. The molecule has 18 heavy (non-hydrogen) atoms. The molecule has 1 aromatic carbocycles. The Morgan fingerprint density at radius 1 is 0.722 bits per heavy atom. The third kappa shape index (κ3) is 3.33. The normalized spacial score (nSPS) is 13.8. The Morgan fingerprint density at radius 3 is 1.50 bits per heavy atom. The van der Waals surface area contributed by atoms with Gasteiger partial charge in [0.25, 0.3) is 0 Å². The van der Waals surface area contributed by atoms with Gasteiger partial charge in [-0.2, -0.15) is 35.1 Å². The molecule has 1 rings (SSSR count). The van der Waals surface area contributed by atoms with Crippen LogP contribution < -0.4 is 0 Å². The van der Waals surface area contributed by atoms with Crippen LogP contribution in [0.15, 0.2) is 24.3 Å². The van der Waals surface area contributed by atoms with Crippen LogP contribution in [0.5, 0.6) is 0 Å². The summed E-state index contributed by atoms with van der Waals surface area (Å²) < 4.78 is 97.1. The van der Waals surface area contributed by atoms with Gasteiger partial charge in [0.2, 0.25) is 0 Å². The molecule has 0 saturated carbocycles. The van der Waals surface area contributed by atoms with Gasteiger partial charge in [0.1, 0.15) is 0 Å². The van der Waals surface area contributed by atoms with Crippen molar-refractivity contribution in [1.82, 2.24) is 0 Å². The number of benzene rings is 1. The Labute approximate surface area is 96.2 Å². The van der Waals surface area contributed by atoms with Crippen LogP contribution in [0.4, 0.5) is 35.1 Å². The molecule has 0 radical (unpaired) electrons. The van der Waals surface area contributed by atoms with E-state index < -0.39 is 35.8 Å². The largest absolute Gasteiger partial charge is 0.453 e. The van der Waals surface area contributed by atoms with E-state index in [4.69, 9.17) is 0 Å². The summed E-state index contributed by atoms with van der Waals surface area (Å²) in [4.78, 5) is 0. The third-order valence-corrected chi connectivity index (χ3v) is 2.12. The van der Waals surface area contributed by atoms with Crippen molar-refractivity contribution in [3.63, 3.8) is 0 Å². The Bertz CT molecular complexity index is 397. The Balaban J connectivity index is 2.89. The number of halogens is 8. The van der Waals surface area contributed by atoms with Crippen molar-refractivity contribution < 1.29 is 35.1 Å². The lowest BCUT2D eigenvalue weighted by atomic mass is 10.0. The third-order valence-electron chi connectivity index (χ3n) is 2.12. The summed E-state index contributed by atoms with van der Waals surface area (Å²) in [6, 6.07) is 2.12. The first kappa shape index (κ1) is 14.7. The molecule has 0 aromatic heterocycles. The molecule has 0 amide bonds. The molecule has 0 atom stereocenters. The second-order valence-electron chi connectivity index (χ2n) is 3.57. The van der Waals surface area contributed by atoms with E-state index in [-0.39, 0.29) is 0 Å². The minimum Gasteiger partial charge on any atom is -0.196 e. The minimum atomic E-state index is -5.73. The van der Waals surface area contributed by atoms with Gasteiger partial charge in [-0.3, -0.25) is 0 Å². The van der Waals surface area contributed by atoms with Gasteiger partial charge in [0.05, 0.1) is 5.56 Å². The van der Waals surface area contributed by atoms with Crippen LogP contribution in [0.2, 0.25) is 0 Å². The summed E-state index contributed by atoms with van der Waals surface area (Å²) in [5, 5.41) is 0. The fourth-order valence-electron chi connectivity index (χ4n) is 1.17. The highest BCUT2D eigenvalue weighted by Crippen LogP contribution is 2.38. The van der Waals surface area contributed by atoms with Crippen LogP contribution in [0, 0.1) is 0 Å². The van der Waals surface area contributed by atoms with Gasteiger partial charge in [-0.1, -0.05) is 12.1 Å². The number of hydrogen-bond acceptors (Lipinski definition) is 0. The topological polar surface area (TPSA) is 0 Å². The molecule has 0 saturated heterocycles. The monoisotopic (exact) mass is 278 g/mol. The van der Waals surface area contributed by atoms with Crippen LogP contribution in [-0.4, -0.2) is 12.1 Å². The van der Waals surface area contributed by atoms with Gasteiger partial charge < -0.3 is 0 Å². The van der Waals surface area contributed by atoms with E-state index in [2.05, 4.69) is 0 Å².